The number of nitrogens with one attached hydrogen (secondary N) is 1. The lowest BCUT2D eigenvalue weighted by atomic mass is 9.99. The van der Waals surface area contributed by atoms with E-state index in [0.717, 1.165) is 5.56 Å². The van der Waals surface area contributed by atoms with E-state index in [2.05, 4.69) is 10.2 Å². The van der Waals surface area contributed by atoms with Gasteiger partial charge in [0.15, 0.2) is 0 Å². The molecule has 0 aliphatic carbocycles. The third-order valence-corrected chi connectivity index (χ3v) is 7.01. The fraction of sp³-hybridized carbons (Fsp3) is 0.500. The summed E-state index contributed by atoms with van der Waals surface area (Å²) in [5.74, 6) is 0. The van der Waals surface area contributed by atoms with Crippen molar-refractivity contribution in [3.63, 3.8) is 0 Å². The zero-order valence-electron chi connectivity index (χ0n) is 15.1. The molecular formula is C18H25N3O3S. The van der Waals surface area contributed by atoms with Crippen LogP contribution in [0.3, 0.4) is 0 Å². The van der Waals surface area contributed by atoms with Crippen LogP contribution in [0.5, 0.6) is 0 Å². The van der Waals surface area contributed by atoms with Gasteiger partial charge in [0, 0.05) is 0 Å². The Morgan fingerprint density at radius 3 is 2.56 bits per heavy atom. The molecule has 7 heteroatoms. The first kappa shape index (κ1) is 18.1. The van der Waals surface area contributed by atoms with Crippen LogP contribution in [0, 0.1) is 13.8 Å². The number of ether oxygens (including phenoxy) is 1. The first-order valence-electron chi connectivity index (χ1n) is 8.41. The van der Waals surface area contributed by atoms with Crippen LogP contribution < -0.4 is 0 Å². The third-order valence-electron chi connectivity index (χ3n) is 4.59. The summed E-state index contributed by atoms with van der Waals surface area (Å²) in [4.78, 5) is 0.278. The molecule has 1 aliphatic rings. The lowest BCUT2D eigenvalue weighted by Gasteiger charge is -2.46. The summed E-state index contributed by atoms with van der Waals surface area (Å²) in [7, 11) is -3.70. The number of nitrogens with zero attached hydrogens (tertiary/aromatic N) is 2. The zero-order valence-corrected chi connectivity index (χ0v) is 15.9. The molecule has 1 aromatic carbocycles. The molecule has 3 rings (SSSR count). The lowest BCUT2D eigenvalue weighted by Crippen LogP contribution is -2.61. The van der Waals surface area contributed by atoms with Crippen LogP contribution in [-0.4, -0.2) is 47.7 Å². The van der Waals surface area contributed by atoms with Crippen molar-refractivity contribution in [1.82, 2.24) is 14.5 Å². The number of morpholine rings is 1. The van der Waals surface area contributed by atoms with Gasteiger partial charge in [-0.3, -0.25) is 5.10 Å². The predicted molar refractivity (Wildman–Crippen MR) is 95.9 cm³/mol. The molecule has 136 valence electrons. The SMILES string of the molecule is Cc1n[nH]c(C)c1S(=O)(=O)N1C(Cc2ccccc2)COCC1(C)C. The van der Waals surface area contributed by atoms with Gasteiger partial charge in [-0.2, -0.15) is 9.40 Å². The molecule has 0 amide bonds. The van der Waals surface area contributed by atoms with Gasteiger partial charge < -0.3 is 4.74 Å². The third kappa shape index (κ3) is 3.36. The van der Waals surface area contributed by atoms with Gasteiger partial charge in [0.05, 0.1) is 36.2 Å². The maximum atomic E-state index is 13.5. The van der Waals surface area contributed by atoms with Gasteiger partial charge in [-0.05, 0) is 39.7 Å². The smallest absolute Gasteiger partial charge is 0.247 e. The Labute approximate surface area is 149 Å². The minimum absolute atomic E-state index is 0.259. The topological polar surface area (TPSA) is 75.3 Å². The van der Waals surface area contributed by atoms with E-state index in [1.165, 1.54) is 0 Å². The fourth-order valence-electron chi connectivity index (χ4n) is 3.64. The molecule has 0 bridgehead atoms. The second-order valence-electron chi connectivity index (χ2n) is 7.24. The number of aryl methyl sites for hydroxylation is 2. The van der Waals surface area contributed by atoms with E-state index in [1.807, 2.05) is 44.2 Å². The Hall–Kier alpha value is -1.70. The van der Waals surface area contributed by atoms with Gasteiger partial charge in [0.2, 0.25) is 10.0 Å². The first-order chi connectivity index (χ1) is 11.7. The van der Waals surface area contributed by atoms with Crippen molar-refractivity contribution < 1.29 is 13.2 Å². The number of H-pyrrole nitrogens is 1. The largest absolute Gasteiger partial charge is 0.378 e. The van der Waals surface area contributed by atoms with Gasteiger partial charge >= 0.3 is 0 Å². The van der Waals surface area contributed by atoms with Crippen molar-refractivity contribution in [3.05, 3.63) is 47.3 Å². The van der Waals surface area contributed by atoms with Crippen molar-refractivity contribution in [3.8, 4) is 0 Å². The van der Waals surface area contributed by atoms with E-state index in [9.17, 15) is 8.42 Å². The van der Waals surface area contributed by atoms with Crippen molar-refractivity contribution in [2.75, 3.05) is 13.2 Å². The van der Waals surface area contributed by atoms with Crippen molar-refractivity contribution in [2.24, 2.45) is 0 Å². The molecule has 1 saturated heterocycles. The van der Waals surface area contributed by atoms with Crippen molar-refractivity contribution in [1.29, 1.82) is 0 Å². The van der Waals surface area contributed by atoms with Gasteiger partial charge in [-0.25, -0.2) is 8.42 Å². The molecule has 2 aromatic rings. The van der Waals surface area contributed by atoms with Gasteiger partial charge in [0.1, 0.15) is 4.90 Å². The molecule has 0 radical (unpaired) electrons. The first-order valence-corrected chi connectivity index (χ1v) is 9.85. The number of hydrogen-bond donors (Lipinski definition) is 1. The Balaban J connectivity index is 2.04. The second kappa shape index (κ2) is 6.55. The van der Waals surface area contributed by atoms with Crippen LogP contribution >= 0.6 is 0 Å². The number of rotatable bonds is 4. The average Bonchev–Trinajstić information content (AvgIpc) is 2.86. The van der Waals surface area contributed by atoms with E-state index < -0.39 is 15.6 Å². The second-order valence-corrected chi connectivity index (χ2v) is 8.99. The van der Waals surface area contributed by atoms with Crippen LogP contribution in [0.2, 0.25) is 0 Å². The zero-order chi connectivity index (χ0) is 18.2. The van der Waals surface area contributed by atoms with Crippen LogP contribution in [0.15, 0.2) is 35.2 Å². The van der Waals surface area contributed by atoms with Gasteiger partial charge in [0.25, 0.3) is 0 Å². The standard InChI is InChI=1S/C18H25N3O3S/c1-13-17(14(2)20-19-13)25(22,23)21-16(11-24-12-18(21,3)4)10-15-8-6-5-7-9-15/h5-9,16H,10-12H2,1-4H3,(H,19,20). The summed E-state index contributed by atoms with van der Waals surface area (Å²) in [6.45, 7) is 8.03. The molecule has 1 fully saturated rings. The minimum Gasteiger partial charge on any atom is -0.378 e. The molecule has 1 aliphatic heterocycles. The van der Waals surface area contributed by atoms with Crippen LogP contribution in [-0.2, 0) is 21.2 Å². The summed E-state index contributed by atoms with van der Waals surface area (Å²) in [6.07, 6.45) is 0.611. The normalized spacial score (nSPS) is 21.4. The molecule has 1 aromatic heterocycles. The Bertz CT molecular complexity index is 824. The molecule has 0 spiro atoms. The summed E-state index contributed by atoms with van der Waals surface area (Å²) in [6, 6.07) is 9.66. The van der Waals surface area contributed by atoms with Crippen molar-refractivity contribution >= 4 is 10.0 Å². The maximum absolute atomic E-state index is 13.5. The Morgan fingerprint density at radius 2 is 1.96 bits per heavy atom. The van der Waals surface area contributed by atoms with Crippen LogP contribution in [0.25, 0.3) is 0 Å². The summed E-state index contributed by atoms with van der Waals surface area (Å²) >= 11 is 0. The van der Waals surface area contributed by atoms with Crippen LogP contribution in [0.1, 0.15) is 30.8 Å². The summed E-state index contributed by atoms with van der Waals surface area (Å²) in [5.41, 5.74) is 1.53. The molecular weight excluding hydrogens is 338 g/mol. The van der Waals surface area contributed by atoms with E-state index >= 15 is 0 Å². The van der Waals surface area contributed by atoms with Gasteiger partial charge in [-0.15, -0.1) is 0 Å². The lowest BCUT2D eigenvalue weighted by molar-refractivity contribution is -0.0438. The number of benzene rings is 1. The fourth-order valence-corrected chi connectivity index (χ4v) is 5.92. The molecule has 2 heterocycles. The molecule has 6 nitrogen and oxygen atoms in total. The molecule has 1 unspecified atom stereocenters. The van der Waals surface area contributed by atoms with E-state index in [4.69, 9.17) is 4.74 Å². The predicted octanol–water partition coefficient (Wildman–Crippen LogP) is 2.44. The maximum Gasteiger partial charge on any atom is 0.247 e. The van der Waals surface area contributed by atoms with Gasteiger partial charge in [-0.1, -0.05) is 30.3 Å². The number of sulfonamides is 1. The Kier molecular flexibility index (Phi) is 4.74. The number of aromatic nitrogens is 2. The highest BCUT2D eigenvalue weighted by atomic mass is 32.2. The highest BCUT2D eigenvalue weighted by Gasteiger charge is 2.46. The molecule has 0 saturated carbocycles. The average molecular weight is 363 g/mol. The Morgan fingerprint density at radius 1 is 1.28 bits per heavy atom. The van der Waals surface area contributed by atoms with Crippen LogP contribution in [0.4, 0.5) is 0 Å². The summed E-state index contributed by atoms with van der Waals surface area (Å²) in [5, 5.41) is 6.86. The number of aromatic amines is 1. The quantitative estimate of drug-likeness (QED) is 0.905. The molecule has 25 heavy (non-hydrogen) atoms. The summed E-state index contributed by atoms with van der Waals surface area (Å²) < 4.78 is 34.4. The van der Waals surface area contributed by atoms with E-state index in [1.54, 1.807) is 18.2 Å². The minimum atomic E-state index is -3.70. The number of hydrogen-bond acceptors (Lipinski definition) is 4. The van der Waals surface area contributed by atoms with Crippen molar-refractivity contribution in [2.45, 2.75) is 50.6 Å². The molecule has 1 N–H and O–H groups in total. The highest BCUT2D eigenvalue weighted by Crippen LogP contribution is 2.34. The van der Waals surface area contributed by atoms with E-state index in [-0.39, 0.29) is 10.9 Å². The van der Waals surface area contributed by atoms with E-state index in [0.29, 0.717) is 31.0 Å². The highest BCUT2D eigenvalue weighted by molar-refractivity contribution is 7.89. The molecule has 1 atom stereocenters. The monoisotopic (exact) mass is 363 g/mol.